The Morgan fingerprint density at radius 3 is 2.73 bits per heavy atom. The largest absolute Gasteiger partial charge is 0.492 e. The van der Waals surface area contributed by atoms with Gasteiger partial charge in [-0.05, 0) is 6.42 Å². The molecule has 0 aliphatic rings. The summed E-state index contributed by atoms with van der Waals surface area (Å²) >= 11 is 3.85. The minimum atomic E-state index is -0.311. The lowest BCUT2D eigenvalue weighted by Crippen LogP contribution is -2.15. The third kappa shape index (κ3) is 1.42. The lowest BCUT2D eigenvalue weighted by Gasteiger charge is -1.97. The number of rotatable bonds is 2. The average Bonchev–Trinajstić information content (AvgIpc) is 2.17. The van der Waals surface area contributed by atoms with Gasteiger partial charge < -0.3 is 5.11 Å². The van der Waals surface area contributed by atoms with Crippen molar-refractivity contribution in [3.63, 3.8) is 0 Å². The lowest BCUT2D eigenvalue weighted by atomic mass is 10.5. The molecule has 0 spiro atoms. The van der Waals surface area contributed by atoms with Gasteiger partial charge in [0.15, 0.2) is 0 Å². The molecule has 0 aliphatic carbocycles. The molecule has 11 heavy (non-hydrogen) atoms. The van der Waals surface area contributed by atoms with Crippen LogP contribution >= 0.6 is 12.6 Å². The summed E-state index contributed by atoms with van der Waals surface area (Å²) in [5, 5.41) is 9.43. The number of H-pyrrole nitrogens is 1. The molecule has 0 amide bonds. The van der Waals surface area contributed by atoms with Gasteiger partial charge in [-0.1, -0.05) is 6.92 Å². The maximum atomic E-state index is 10.9. The van der Waals surface area contributed by atoms with E-state index in [1.54, 1.807) is 0 Å². The molecule has 1 heterocycles. The summed E-state index contributed by atoms with van der Waals surface area (Å²) in [5.41, 5.74) is -0.311. The monoisotopic (exact) mass is 174 g/mol. The maximum Gasteiger partial charge on any atom is 0.329 e. The number of imidazole rings is 1. The highest BCUT2D eigenvalue weighted by Crippen LogP contribution is 2.15. The molecule has 2 N–H and O–H groups in total. The first-order chi connectivity index (χ1) is 5.16. The van der Waals surface area contributed by atoms with Crippen LogP contribution < -0.4 is 5.69 Å². The van der Waals surface area contributed by atoms with Gasteiger partial charge in [0.2, 0.25) is 5.88 Å². The molecule has 1 rings (SSSR count). The summed E-state index contributed by atoms with van der Waals surface area (Å²) in [4.78, 5) is 13.3. The van der Waals surface area contributed by atoms with Gasteiger partial charge in [-0.15, -0.1) is 12.6 Å². The molecule has 0 aliphatic heterocycles. The quantitative estimate of drug-likeness (QED) is 0.574. The fourth-order valence-corrected chi connectivity index (χ4v) is 1.10. The normalized spacial score (nSPS) is 10.4. The van der Waals surface area contributed by atoms with Crippen LogP contribution in [0.3, 0.4) is 0 Å². The molecule has 0 atom stereocenters. The fraction of sp³-hybridized carbons (Fsp3) is 0.500. The number of thiol groups is 1. The third-order valence-electron chi connectivity index (χ3n) is 1.39. The van der Waals surface area contributed by atoms with Crippen molar-refractivity contribution in [2.24, 2.45) is 0 Å². The molecule has 4 nitrogen and oxygen atoms in total. The van der Waals surface area contributed by atoms with Crippen molar-refractivity contribution in [1.29, 1.82) is 0 Å². The van der Waals surface area contributed by atoms with Crippen molar-refractivity contribution in [3.05, 3.63) is 10.5 Å². The minimum Gasteiger partial charge on any atom is -0.492 e. The summed E-state index contributed by atoms with van der Waals surface area (Å²) in [7, 11) is 0. The standard InChI is InChI=1S/C6H10N2O2S/c1-2-3-8-5(9)4(11)7-6(8)10/h9,11H,2-3H2,1H3,(H,7,10). The van der Waals surface area contributed by atoms with Gasteiger partial charge in [0, 0.05) is 6.54 Å². The maximum absolute atomic E-state index is 10.9. The lowest BCUT2D eigenvalue weighted by molar-refractivity contribution is 0.401. The van der Waals surface area contributed by atoms with Gasteiger partial charge in [-0.3, -0.25) is 9.55 Å². The molecule has 1 aromatic rings. The highest BCUT2D eigenvalue weighted by atomic mass is 32.1. The number of aromatic hydroxyl groups is 1. The van der Waals surface area contributed by atoms with E-state index in [4.69, 9.17) is 0 Å². The predicted molar refractivity (Wildman–Crippen MR) is 44.3 cm³/mol. The van der Waals surface area contributed by atoms with Crippen molar-refractivity contribution in [1.82, 2.24) is 9.55 Å². The second-order valence-electron chi connectivity index (χ2n) is 2.25. The van der Waals surface area contributed by atoms with Gasteiger partial charge in [-0.25, -0.2) is 4.79 Å². The first-order valence-corrected chi connectivity index (χ1v) is 3.82. The van der Waals surface area contributed by atoms with E-state index in [0.717, 1.165) is 6.42 Å². The van der Waals surface area contributed by atoms with Crippen molar-refractivity contribution in [2.45, 2.75) is 24.9 Å². The molecule has 0 radical (unpaired) electrons. The number of nitrogens with one attached hydrogen (secondary N) is 1. The number of hydrogen-bond acceptors (Lipinski definition) is 3. The van der Waals surface area contributed by atoms with Crippen LogP contribution in [0.2, 0.25) is 0 Å². The molecule has 0 unspecified atom stereocenters. The topological polar surface area (TPSA) is 58.0 Å². The number of hydrogen-bond donors (Lipinski definition) is 3. The summed E-state index contributed by atoms with van der Waals surface area (Å²) in [6, 6.07) is 0. The minimum absolute atomic E-state index is 0.0832. The summed E-state index contributed by atoms with van der Waals surface area (Å²) in [5.74, 6) is -0.0832. The van der Waals surface area contributed by atoms with E-state index in [-0.39, 0.29) is 16.6 Å². The van der Waals surface area contributed by atoms with Crippen LogP contribution in [0.15, 0.2) is 9.82 Å². The van der Waals surface area contributed by atoms with Gasteiger partial charge in [0.1, 0.15) is 5.03 Å². The SMILES string of the molecule is CCCn1c(O)c(S)[nH]c1=O. The molecule has 0 saturated heterocycles. The predicted octanol–water partition coefficient (Wildman–Crippen LogP) is 0.581. The average molecular weight is 174 g/mol. The molecule has 0 saturated carbocycles. The fourth-order valence-electron chi connectivity index (χ4n) is 0.880. The van der Waals surface area contributed by atoms with Crippen LogP contribution in [0.25, 0.3) is 0 Å². The van der Waals surface area contributed by atoms with Crippen LogP contribution in [0.5, 0.6) is 5.88 Å². The molecule has 0 bridgehead atoms. The van der Waals surface area contributed by atoms with Crippen molar-refractivity contribution < 1.29 is 5.11 Å². The Balaban J connectivity index is 3.12. The van der Waals surface area contributed by atoms with E-state index in [1.165, 1.54) is 4.57 Å². The van der Waals surface area contributed by atoms with E-state index in [0.29, 0.717) is 6.54 Å². The van der Waals surface area contributed by atoms with Crippen LogP contribution in [0.1, 0.15) is 13.3 Å². The highest BCUT2D eigenvalue weighted by molar-refractivity contribution is 7.80. The Labute approximate surface area is 69.3 Å². The summed E-state index contributed by atoms with van der Waals surface area (Å²) in [6.45, 7) is 2.44. The van der Waals surface area contributed by atoms with E-state index in [2.05, 4.69) is 17.6 Å². The molecule has 0 aromatic carbocycles. The van der Waals surface area contributed by atoms with E-state index in [9.17, 15) is 9.90 Å². The summed E-state index contributed by atoms with van der Waals surface area (Å²) in [6.07, 6.45) is 0.804. The second kappa shape index (κ2) is 3.04. The Morgan fingerprint density at radius 2 is 2.36 bits per heavy atom. The zero-order chi connectivity index (χ0) is 8.43. The number of nitrogens with zero attached hydrogens (tertiary/aromatic N) is 1. The van der Waals surface area contributed by atoms with Crippen LogP contribution in [-0.2, 0) is 6.54 Å². The number of aromatic amines is 1. The molecular formula is C6H10N2O2S. The van der Waals surface area contributed by atoms with Gasteiger partial charge in [0.25, 0.3) is 0 Å². The summed E-state index contributed by atoms with van der Waals surface area (Å²) < 4.78 is 1.25. The molecular weight excluding hydrogens is 164 g/mol. The Bertz CT molecular complexity index is 302. The first-order valence-electron chi connectivity index (χ1n) is 3.37. The van der Waals surface area contributed by atoms with Crippen LogP contribution in [-0.4, -0.2) is 14.7 Å². The highest BCUT2D eigenvalue weighted by Gasteiger charge is 2.07. The van der Waals surface area contributed by atoms with Crippen LogP contribution in [0.4, 0.5) is 0 Å². The zero-order valence-electron chi connectivity index (χ0n) is 6.16. The molecule has 0 fully saturated rings. The zero-order valence-corrected chi connectivity index (χ0v) is 7.06. The van der Waals surface area contributed by atoms with E-state index in [1.807, 2.05) is 6.92 Å². The second-order valence-corrected chi connectivity index (χ2v) is 2.70. The van der Waals surface area contributed by atoms with E-state index < -0.39 is 0 Å². The van der Waals surface area contributed by atoms with Crippen molar-refractivity contribution >= 4 is 12.6 Å². The number of aromatic nitrogens is 2. The Hall–Kier alpha value is -0.840. The van der Waals surface area contributed by atoms with Gasteiger partial charge in [0.05, 0.1) is 0 Å². The van der Waals surface area contributed by atoms with E-state index >= 15 is 0 Å². The van der Waals surface area contributed by atoms with Crippen molar-refractivity contribution in [3.8, 4) is 5.88 Å². The third-order valence-corrected chi connectivity index (χ3v) is 1.70. The van der Waals surface area contributed by atoms with Gasteiger partial charge in [-0.2, -0.15) is 0 Å². The first kappa shape index (κ1) is 8.26. The smallest absolute Gasteiger partial charge is 0.329 e. The Morgan fingerprint density at radius 1 is 1.73 bits per heavy atom. The van der Waals surface area contributed by atoms with Crippen molar-refractivity contribution in [2.75, 3.05) is 0 Å². The van der Waals surface area contributed by atoms with Gasteiger partial charge >= 0.3 is 5.69 Å². The molecule has 5 heteroatoms. The van der Waals surface area contributed by atoms with Crippen LogP contribution in [0, 0.1) is 0 Å². The molecule has 62 valence electrons. The Kier molecular flexibility index (Phi) is 2.28. The molecule has 1 aromatic heterocycles.